The predicted octanol–water partition coefficient (Wildman–Crippen LogP) is 3.34. The van der Waals surface area contributed by atoms with Crippen LogP contribution in [0.3, 0.4) is 0 Å². The molecule has 148 valence electrons. The van der Waals surface area contributed by atoms with Crippen LogP contribution in [0.2, 0.25) is 0 Å². The van der Waals surface area contributed by atoms with Crippen LogP contribution in [0.4, 0.5) is 10.5 Å². The molecule has 0 aromatic heterocycles. The van der Waals surface area contributed by atoms with Gasteiger partial charge in [0, 0.05) is 30.0 Å². The highest BCUT2D eigenvalue weighted by Gasteiger charge is 2.40. The van der Waals surface area contributed by atoms with Crippen molar-refractivity contribution in [2.45, 2.75) is 44.1 Å². The molecule has 0 radical (unpaired) electrons. The van der Waals surface area contributed by atoms with Crippen molar-refractivity contribution in [3.63, 3.8) is 0 Å². The van der Waals surface area contributed by atoms with Crippen LogP contribution in [0.1, 0.15) is 31.7 Å². The Balaban J connectivity index is 1.56. The minimum atomic E-state index is -0.443. The maximum absolute atomic E-state index is 12.7. The van der Waals surface area contributed by atoms with Crippen LogP contribution in [0, 0.1) is 16.0 Å². The molecule has 1 aromatic rings. The Morgan fingerprint density at radius 2 is 1.96 bits per heavy atom. The van der Waals surface area contributed by atoms with Crippen molar-refractivity contribution in [2.75, 3.05) is 26.2 Å². The van der Waals surface area contributed by atoms with Crippen LogP contribution in [-0.4, -0.2) is 58.3 Å². The number of amides is 1. The zero-order valence-electron chi connectivity index (χ0n) is 15.6. The molecule has 7 nitrogen and oxygen atoms in total. The molecule has 8 heteroatoms. The smallest absolute Gasteiger partial charge is 0.410 e. The predicted molar refractivity (Wildman–Crippen MR) is 106 cm³/mol. The topological polar surface area (TPSA) is 75.9 Å². The van der Waals surface area contributed by atoms with Crippen LogP contribution in [-0.2, 0) is 11.3 Å². The average Bonchev–Trinajstić information content (AvgIpc) is 3.08. The molecule has 0 spiro atoms. The van der Waals surface area contributed by atoms with Crippen molar-refractivity contribution in [1.29, 1.82) is 0 Å². The second-order valence-electron chi connectivity index (χ2n) is 7.36. The summed E-state index contributed by atoms with van der Waals surface area (Å²) >= 11 is 4.61. The monoisotopic (exact) mass is 393 g/mol. The summed E-state index contributed by atoms with van der Waals surface area (Å²) in [5.41, 5.74) is 0.768. The van der Waals surface area contributed by atoms with Gasteiger partial charge in [-0.2, -0.15) is 12.6 Å². The number of ether oxygens (including phenoxy) is 1. The van der Waals surface area contributed by atoms with E-state index in [1.165, 1.54) is 12.1 Å². The molecule has 0 aliphatic carbocycles. The van der Waals surface area contributed by atoms with Gasteiger partial charge >= 0.3 is 6.09 Å². The molecule has 2 aliphatic rings. The minimum absolute atomic E-state index is 0.0287. The molecule has 2 atom stereocenters. The zero-order valence-corrected chi connectivity index (χ0v) is 16.5. The standard InChI is InChI=1S/C19H27N3O4S/c1-2-20-9-7-15(8-10-20)18-11-17(27)12-21(18)19(23)26-13-14-3-5-16(6-4-14)22(24)25/h3-6,15,17-18,27H,2,7-13H2,1H3/t17-,18-/m0/s1. The molecule has 3 rings (SSSR count). The first-order valence-electron chi connectivity index (χ1n) is 9.55. The first-order valence-corrected chi connectivity index (χ1v) is 10.1. The van der Waals surface area contributed by atoms with E-state index in [-0.39, 0.29) is 29.7 Å². The fourth-order valence-electron chi connectivity index (χ4n) is 4.10. The van der Waals surface area contributed by atoms with Crippen LogP contribution in [0.5, 0.6) is 0 Å². The number of carbonyl (C=O) groups excluding carboxylic acids is 1. The normalized spacial score (nSPS) is 24.1. The highest BCUT2D eigenvalue weighted by atomic mass is 32.1. The molecular weight excluding hydrogens is 366 g/mol. The lowest BCUT2D eigenvalue weighted by atomic mass is 9.88. The summed E-state index contributed by atoms with van der Waals surface area (Å²) in [7, 11) is 0. The van der Waals surface area contributed by atoms with E-state index in [0.717, 1.165) is 44.5 Å². The van der Waals surface area contributed by atoms with Gasteiger partial charge in [-0.05, 0) is 62.5 Å². The molecule has 0 unspecified atom stereocenters. The zero-order chi connectivity index (χ0) is 19.4. The van der Waals surface area contributed by atoms with E-state index < -0.39 is 4.92 Å². The van der Waals surface area contributed by atoms with E-state index in [1.807, 2.05) is 4.90 Å². The maximum atomic E-state index is 12.7. The van der Waals surface area contributed by atoms with Gasteiger partial charge in [-0.3, -0.25) is 10.1 Å². The number of nitro groups is 1. The van der Waals surface area contributed by atoms with Gasteiger partial charge in [0.2, 0.25) is 0 Å². The number of likely N-dealkylation sites (tertiary alicyclic amines) is 2. The van der Waals surface area contributed by atoms with Crippen LogP contribution < -0.4 is 0 Å². The Kier molecular flexibility index (Phi) is 6.59. The van der Waals surface area contributed by atoms with Gasteiger partial charge in [-0.15, -0.1) is 0 Å². The summed E-state index contributed by atoms with van der Waals surface area (Å²) in [6.45, 7) is 6.16. The Morgan fingerprint density at radius 3 is 2.56 bits per heavy atom. The third-order valence-electron chi connectivity index (χ3n) is 5.69. The molecule has 2 fully saturated rings. The van der Waals surface area contributed by atoms with Crippen LogP contribution in [0.15, 0.2) is 24.3 Å². The molecule has 2 saturated heterocycles. The number of thiol groups is 1. The largest absolute Gasteiger partial charge is 0.445 e. The third kappa shape index (κ3) is 4.93. The van der Waals surface area contributed by atoms with Crippen molar-refractivity contribution in [3.05, 3.63) is 39.9 Å². The van der Waals surface area contributed by atoms with E-state index >= 15 is 0 Å². The third-order valence-corrected chi connectivity index (χ3v) is 6.06. The quantitative estimate of drug-likeness (QED) is 0.472. The van der Waals surface area contributed by atoms with Crippen molar-refractivity contribution in [1.82, 2.24) is 9.80 Å². The van der Waals surface area contributed by atoms with Crippen molar-refractivity contribution in [2.24, 2.45) is 5.92 Å². The Morgan fingerprint density at radius 1 is 1.30 bits per heavy atom. The van der Waals surface area contributed by atoms with Gasteiger partial charge in [-0.25, -0.2) is 4.79 Å². The van der Waals surface area contributed by atoms with E-state index in [1.54, 1.807) is 12.1 Å². The van der Waals surface area contributed by atoms with Gasteiger partial charge in [0.25, 0.3) is 5.69 Å². The maximum Gasteiger partial charge on any atom is 0.410 e. The Hall–Kier alpha value is -1.80. The number of piperidine rings is 1. The van der Waals surface area contributed by atoms with Crippen molar-refractivity contribution >= 4 is 24.4 Å². The highest BCUT2D eigenvalue weighted by molar-refractivity contribution is 7.81. The van der Waals surface area contributed by atoms with Gasteiger partial charge < -0.3 is 14.5 Å². The molecular formula is C19H27N3O4S. The van der Waals surface area contributed by atoms with E-state index in [9.17, 15) is 14.9 Å². The molecule has 1 amide bonds. The summed E-state index contributed by atoms with van der Waals surface area (Å²) in [4.78, 5) is 27.2. The van der Waals surface area contributed by atoms with Crippen molar-refractivity contribution in [3.8, 4) is 0 Å². The number of nitro benzene ring substituents is 1. The number of non-ortho nitro benzene ring substituents is 1. The molecule has 2 aliphatic heterocycles. The SMILES string of the molecule is CCN1CCC([C@@H]2C[C@H](S)CN2C(=O)OCc2ccc([N+](=O)[O-])cc2)CC1. The Bertz CT molecular complexity index is 661. The lowest BCUT2D eigenvalue weighted by Gasteiger charge is -2.37. The fourth-order valence-corrected chi connectivity index (χ4v) is 4.49. The van der Waals surface area contributed by atoms with Crippen molar-refractivity contribution < 1.29 is 14.5 Å². The first kappa shape index (κ1) is 19.9. The average molecular weight is 394 g/mol. The molecule has 0 N–H and O–H groups in total. The summed E-state index contributed by atoms with van der Waals surface area (Å²) < 4.78 is 5.50. The number of benzene rings is 1. The lowest BCUT2D eigenvalue weighted by Crippen LogP contribution is -2.45. The summed E-state index contributed by atoms with van der Waals surface area (Å²) in [6, 6.07) is 6.28. The molecule has 0 saturated carbocycles. The molecule has 1 aromatic carbocycles. The fraction of sp³-hybridized carbons (Fsp3) is 0.632. The second-order valence-corrected chi connectivity index (χ2v) is 8.09. The molecule has 0 bridgehead atoms. The number of hydrogen-bond donors (Lipinski definition) is 1. The number of carbonyl (C=O) groups is 1. The van der Waals surface area contributed by atoms with Gasteiger partial charge in [0.15, 0.2) is 0 Å². The summed E-state index contributed by atoms with van der Waals surface area (Å²) in [6.07, 6.45) is 2.80. The Labute approximate surface area is 165 Å². The number of nitrogens with zero attached hydrogens (tertiary/aromatic N) is 3. The molecule has 27 heavy (non-hydrogen) atoms. The second kappa shape index (κ2) is 8.93. The van der Waals surface area contributed by atoms with Gasteiger partial charge in [-0.1, -0.05) is 6.92 Å². The summed E-state index contributed by atoms with van der Waals surface area (Å²) in [5.74, 6) is 0.497. The van der Waals surface area contributed by atoms with Crippen LogP contribution in [0.25, 0.3) is 0 Å². The first-order chi connectivity index (χ1) is 13.0. The molecule has 2 heterocycles. The number of rotatable bonds is 5. The minimum Gasteiger partial charge on any atom is -0.445 e. The van der Waals surface area contributed by atoms with Gasteiger partial charge in [0.1, 0.15) is 6.61 Å². The van der Waals surface area contributed by atoms with E-state index in [0.29, 0.717) is 12.5 Å². The summed E-state index contributed by atoms with van der Waals surface area (Å²) in [5, 5.41) is 10.9. The highest BCUT2D eigenvalue weighted by Crippen LogP contribution is 2.33. The van der Waals surface area contributed by atoms with Crippen LogP contribution >= 0.6 is 12.6 Å². The van der Waals surface area contributed by atoms with E-state index in [4.69, 9.17) is 4.74 Å². The lowest BCUT2D eigenvalue weighted by molar-refractivity contribution is -0.384. The van der Waals surface area contributed by atoms with E-state index in [2.05, 4.69) is 24.5 Å². The number of hydrogen-bond acceptors (Lipinski definition) is 6. The van der Waals surface area contributed by atoms with Gasteiger partial charge in [0.05, 0.1) is 4.92 Å².